The highest BCUT2D eigenvalue weighted by Crippen LogP contribution is 2.20. The third-order valence-corrected chi connectivity index (χ3v) is 3.93. The molecular formula is C14H19BrN4. The molecule has 1 fully saturated rings. The van der Waals surface area contributed by atoms with Crippen molar-refractivity contribution in [3.63, 3.8) is 0 Å². The van der Waals surface area contributed by atoms with Crippen LogP contribution < -0.4 is 5.32 Å². The molecule has 0 radical (unpaired) electrons. The maximum absolute atomic E-state index is 9.07. The Kier molecular flexibility index (Phi) is 5.20. The Morgan fingerprint density at radius 2 is 2.05 bits per heavy atom. The van der Waals surface area contributed by atoms with Gasteiger partial charge in [0.1, 0.15) is 6.07 Å². The number of anilines is 1. The molecule has 1 aliphatic rings. The summed E-state index contributed by atoms with van der Waals surface area (Å²) >= 11 is 3.44. The number of rotatable bonds is 4. The first-order valence-corrected chi connectivity index (χ1v) is 7.33. The minimum Gasteiger partial charge on any atom is -0.383 e. The van der Waals surface area contributed by atoms with E-state index in [-0.39, 0.29) is 0 Å². The molecule has 0 amide bonds. The van der Waals surface area contributed by atoms with E-state index in [1.807, 2.05) is 18.2 Å². The molecule has 1 N–H and O–H groups in total. The van der Waals surface area contributed by atoms with E-state index in [2.05, 4.69) is 44.2 Å². The van der Waals surface area contributed by atoms with Crippen molar-refractivity contribution < 1.29 is 0 Å². The molecule has 2 rings (SSSR count). The highest BCUT2D eigenvalue weighted by Gasteiger charge is 2.13. The Balaban J connectivity index is 1.83. The Labute approximate surface area is 123 Å². The minimum absolute atomic E-state index is 0.696. The van der Waals surface area contributed by atoms with Crippen molar-refractivity contribution in [1.29, 1.82) is 5.26 Å². The smallest absolute Gasteiger partial charge is 0.101 e. The zero-order valence-corrected chi connectivity index (χ0v) is 12.8. The summed E-state index contributed by atoms with van der Waals surface area (Å²) < 4.78 is 0.994. The van der Waals surface area contributed by atoms with Crippen molar-refractivity contribution in [2.75, 3.05) is 51.6 Å². The molecule has 1 aromatic rings. The summed E-state index contributed by atoms with van der Waals surface area (Å²) in [6.07, 6.45) is 0. The standard InChI is InChI=1S/C14H19BrN4/c1-18-6-8-19(9-7-18)5-4-17-14-10-13(15)3-2-12(14)11-16/h2-3,10,17H,4-9H2,1H3. The summed E-state index contributed by atoms with van der Waals surface area (Å²) in [5, 5.41) is 12.4. The number of hydrogen-bond acceptors (Lipinski definition) is 4. The fourth-order valence-corrected chi connectivity index (χ4v) is 2.54. The lowest BCUT2D eigenvalue weighted by Crippen LogP contribution is -2.45. The molecule has 102 valence electrons. The van der Waals surface area contributed by atoms with Crippen LogP contribution in [-0.2, 0) is 0 Å². The average molecular weight is 323 g/mol. The topological polar surface area (TPSA) is 42.3 Å². The first-order valence-electron chi connectivity index (χ1n) is 6.53. The van der Waals surface area contributed by atoms with Crippen molar-refractivity contribution in [1.82, 2.24) is 9.80 Å². The molecule has 0 aliphatic carbocycles. The lowest BCUT2D eigenvalue weighted by atomic mass is 10.2. The van der Waals surface area contributed by atoms with Crippen molar-refractivity contribution >= 4 is 21.6 Å². The van der Waals surface area contributed by atoms with Gasteiger partial charge >= 0.3 is 0 Å². The number of halogens is 1. The van der Waals surface area contributed by atoms with Gasteiger partial charge in [0.2, 0.25) is 0 Å². The summed E-state index contributed by atoms with van der Waals surface area (Å²) in [5.74, 6) is 0. The van der Waals surface area contributed by atoms with Crippen molar-refractivity contribution in [3.8, 4) is 6.07 Å². The maximum Gasteiger partial charge on any atom is 0.101 e. The molecule has 1 saturated heterocycles. The second-order valence-corrected chi connectivity index (χ2v) is 5.79. The van der Waals surface area contributed by atoms with Crippen LogP contribution in [0.5, 0.6) is 0 Å². The molecule has 5 heteroatoms. The van der Waals surface area contributed by atoms with Crippen LogP contribution >= 0.6 is 15.9 Å². The molecule has 0 saturated carbocycles. The number of benzene rings is 1. The Hall–Kier alpha value is -1.09. The van der Waals surface area contributed by atoms with Gasteiger partial charge in [-0.15, -0.1) is 0 Å². The number of likely N-dealkylation sites (N-methyl/N-ethyl adjacent to an activating group) is 1. The van der Waals surface area contributed by atoms with Crippen LogP contribution in [0.1, 0.15) is 5.56 Å². The van der Waals surface area contributed by atoms with Crippen molar-refractivity contribution in [2.24, 2.45) is 0 Å². The van der Waals surface area contributed by atoms with Crippen LogP contribution in [0.4, 0.5) is 5.69 Å². The zero-order chi connectivity index (χ0) is 13.7. The van der Waals surface area contributed by atoms with Gasteiger partial charge in [-0.2, -0.15) is 5.26 Å². The van der Waals surface area contributed by atoms with E-state index in [9.17, 15) is 0 Å². The molecule has 19 heavy (non-hydrogen) atoms. The summed E-state index contributed by atoms with van der Waals surface area (Å²) in [7, 11) is 2.16. The predicted octanol–water partition coefficient (Wildman–Crippen LogP) is 1.98. The molecule has 0 atom stereocenters. The predicted molar refractivity (Wildman–Crippen MR) is 81.3 cm³/mol. The van der Waals surface area contributed by atoms with Crippen LogP contribution in [0.2, 0.25) is 0 Å². The molecule has 4 nitrogen and oxygen atoms in total. The van der Waals surface area contributed by atoms with Gasteiger partial charge in [-0.25, -0.2) is 0 Å². The highest BCUT2D eigenvalue weighted by molar-refractivity contribution is 9.10. The van der Waals surface area contributed by atoms with Crippen LogP contribution in [0.25, 0.3) is 0 Å². The van der Waals surface area contributed by atoms with E-state index < -0.39 is 0 Å². The highest BCUT2D eigenvalue weighted by atomic mass is 79.9. The third-order valence-electron chi connectivity index (χ3n) is 3.44. The third kappa shape index (κ3) is 4.20. The van der Waals surface area contributed by atoms with Crippen LogP contribution in [0.3, 0.4) is 0 Å². The molecule has 0 aromatic heterocycles. The number of hydrogen-bond donors (Lipinski definition) is 1. The lowest BCUT2D eigenvalue weighted by Gasteiger charge is -2.32. The van der Waals surface area contributed by atoms with Crippen molar-refractivity contribution in [2.45, 2.75) is 0 Å². The Bertz CT molecular complexity index is 461. The molecule has 0 bridgehead atoms. The first kappa shape index (κ1) is 14.3. The summed E-state index contributed by atoms with van der Waals surface area (Å²) in [4.78, 5) is 4.81. The van der Waals surface area contributed by atoms with E-state index in [1.54, 1.807) is 0 Å². The second kappa shape index (κ2) is 6.90. The number of nitrogens with one attached hydrogen (secondary N) is 1. The SMILES string of the molecule is CN1CCN(CCNc2cc(Br)ccc2C#N)CC1. The lowest BCUT2D eigenvalue weighted by molar-refractivity contribution is 0.158. The molecule has 0 unspecified atom stereocenters. The molecule has 1 heterocycles. The summed E-state index contributed by atoms with van der Waals surface area (Å²) in [5.41, 5.74) is 1.60. The fraction of sp³-hybridized carbons (Fsp3) is 0.500. The normalized spacial score (nSPS) is 17.1. The van der Waals surface area contributed by atoms with Gasteiger partial charge in [-0.1, -0.05) is 15.9 Å². The van der Waals surface area contributed by atoms with Crippen molar-refractivity contribution in [3.05, 3.63) is 28.2 Å². The number of piperazine rings is 1. The van der Waals surface area contributed by atoms with Gasteiger partial charge < -0.3 is 10.2 Å². The zero-order valence-electron chi connectivity index (χ0n) is 11.2. The Morgan fingerprint density at radius 1 is 1.32 bits per heavy atom. The van der Waals surface area contributed by atoms with E-state index >= 15 is 0 Å². The van der Waals surface area contributed by atoms with Gasteiger partial charge in [0.15, 0.2) is 0 Å². The van der Waals surface area contributed by atoms with E-state index in [0.717, 1.165) is 49.4 Å². The largest absolute Gasteiger partial charge is 0.383 e. The maximum atomic E-state index is 9.07. The summed E-state index contributed by atoms with van der Waals surface area (Å²) in [6, 6.07) is 7.90. The van der Waals surface area contributed by atoms with Gasteiger partial charge in [0.25, 0.3) is 0 Å². The molecule has 1 aliphatic heterocycles. The molecular weight excluding hydrogens is 304 g/mol. The number of nitriles is 1. The van der Waals surface area contributed by atoms with E-state index in [1.165, 1.54) is 0 Å². The monoisotopic (exact) mass is 322 g/mol. The fourth-order valence-electron chi connectivity index (χ4n) is 2.18. The average Bonchev–Trinajstić information content (AvgIpc) is 2.41. The van der Waals surface area contributed by atoms with Crippen LogP contribution in [-0.4, -0.2) is 56.1 Å². The summed E-state index contributed by atoms with van der Waals surface area (Å²) in [6.45, 7) is 6.42. The quantitative estimate of drug-likeness (QED) is 0.920. The van der Waals surface area contributed by atoms with Gasteiger partial charge in [-0.05, 0) is 25.2 Å². The first-order chi connectivity index (χ1) is 9.19. The Morgan fingerprint density at radius 3 is 2.74 bits per heavy atom. The van der Waals surface area contributed by atoms with Gasteiger partial charge in [0.05, 0.1) is 11.3 Å². The van der Waals surface area contributed by atoms with E-state index in [0.29, 0.717) is 5.56 Å². The second-order valence-electron chi connectivity index (χ2n) is 4.87. The molecule has 1 aromatic carbocycles. The van der Waals surface area contributed by atoms with Gasteiger partial charge in [0, 0.05) is 43.7 Å². The minimum atomic E-state index is 0.696. The van der Waals surface area contributed by atoms with Crippen LogP contribution in [0, 0.1) is 11.3 Å². The number of nitrogens with zero attached hydrogens (tertiary/aromatic N) is 3. The van der Waals surface area contributed by atoms with Crippen LogP contribution in [0.15, 0.2) is 22.7 Å². The van der Waals surface area contributed by atoms with E-state index in [4.69, 9.17) is 5.26 Å². The van der Waals surface area contributed by atoms with Gasteiger partial charge in [-0.3, -0.25) is 4.90 Å². The molecule has 0 spiro atoms.